The summed E-state index contributed by atoms with van der Waals surface area (Å²) < 4.78 is 41.2. The van der Waals surface area contributed by atoms with Crippen LogP contribution >= 0.6 is 0 Å². The molecule has 2 rings (SSSR count). The number of rotatable bonds is 5. The van der Waals surface area contributed by atoms with Crippen molar-refractivity contribution in [3.63, 3.8) is 0 Å². The summed E-state index contributed by atoms with van der Waals surface area (Å²) in [6.07, 6.45) is -3.32. The predicted molar refractivity (Wildman–Crippen MR) is 72.2 cm³/mol. The molecule has 0 aliphatic carbocycles. The molecule has 1 amide bonds. The first kappa shape index (κ1) is 15.6. The molecule has 1 atom stereocenters. The van der Waals surface area contributed by atoms with E-state index in [1.165, 1.54) is 23.1 Å². The number of halogens is 3. The molecular formula is C14H17F3N2O2. The van der Waals surface area contributed by atoms with E-state index in [4.69, 9.17) is 0 Å². The Morgan fingerprint density at radius 2 is 2.10 bits per heavy atom. The summed E-state index contributed by atoms with van der Waals surface area (Å²) in [7, 11) is 0. The lowest BCUT2D eigenvalue weighted by Gasteiger charge is -2.21. The number of anilines is 1. The molecule has 7 heteroatoms. The van der Waals surface area contributed by atoms with E-state index < -0.39 is 6.36 Å². The average molecular weight is 302 g/mol. The first-order valence-electron chi connectivity index (χ1n) is 6.82. The van der Waals surface area contributed by atoms with Crippen molar-refractivity contribution in [1.82, 2.24) is 5.32 Å². The summed E-state index contributed by atoms with van der Waals surface area (Å²) in [6.45, 7) is 3.06. The fourth-order valence-corrected chi connectivity index (χ4v) is 2.32. The standard InChI is InChI=1S/C14H17F3N2O2/c1-2-8-18-10-7-9-19(13(10)20)11-5-3-4-6-12(11)21-14(15,16)17/h3-6,10,18H,2,7-9H2,1H3. The third-order valence-corrected chi connectivity index (χ3v) is 3.23. The van der Waals surface area contributed by atoms with Gasteiger partial charge < -0.3 is 15.0 Å². The van der Waals surface area contributed by atoms with Gasteiger partial charge in [-0.05, 0) is 31.5 Å². The molecule has 4 nitrogen and oxygen atoms in total. The molecule has 1 aromatic rings. The number of nitrogens with zero attached hydrogens (tertiary/aromatic N) is 1. The van der Waals surface area contributed by atoms with Crippen molar-refractivity contribution in [2.75, 3.05) is 18.0 Å². The second kappa shape index (κ2) is 6.34. The van der Waals surface area contributed by atoms with Gasteiger partial charge in [-0.2, -0.15) is 0 Å². The zero-order valence-corrected chi connectivity index (χ0v) is 11.6. The van der Waals surface area contributed by atoms with Gasteiger partial charge in [-0.1, -0.05) is 19.1 Å². The second-order valence-electron chi connectivity index (χ2n) is 4.80. The van der Waals surface area contributed by atoms with Gasteiger partial charge in [0.25, 0.3) is 0 Å². The van der Waals surface area contributed by atoms with E-state index in [-0.39, 0.29) is 23.4 Å². The monoisotopic (exact) mass is 302 g/mol. The van der Waals surface area contributed by atoms with Gasteiger partial charge in [0, 0.05) is 6.54 Å². The molecule has 1 heterocycles. The SMILES string of the molecule is CCCNC1CCN(c2ccccc2OC(F)(F)F)C1=O. The van der Waals surface area contributed by atoms with Crippen molar-refractivity contribution in [3.8, 4) is 5.75 Å². The smallest absolute Gasteiger partial charge is 0.404 e. The van der Waals surface area contributed by atoms with Gasteiger partial charge in [0.1, 0.15) is 0 Å². The van der Waals surface area contributed by atoms with E-state index in [9.17, 15) is 18.0 Å². The van der Waals surface area contributed by atoms with Gasteiger partial charge in [0.2, 0.25) is 5.91 Å². The zero-order valence-electron chi connectivity index (χ0n) is 11.6. The summed E-state index contributed by atoms with van der Waals surface area (Å²) in [4.78, 5) is 13.6. The number of alkyl halides is 3. The number of carbonyl (C=O) groups excluding carboxylic acids is 1. The van der Waals surface area contributed by atoms with Crippen molar-refractivity contribution in [3.05, 3.63) is 24.3 Å². The lowest BCUT2D eigenvalue weighted by atomic mass is 10.2. The zero-order chi connectivity index (χ0) is 15.5. The molecule has 1 aromatic carbocycles. The van der Waals surface area contributed by atoms with Gasteiger partial charge >= 0.3 is 6.36 Å². The summed E-state index contributed by atoms with van der Waals surface area (Å²) in [5, 5.41) is 3.09. The third-order valence-electron chi connectivity index (χ3n) is 3.23. The molecule has 0 bridgehead atoms. The molecule has 0 saturated carbocycles. The first-order valence-corrected chi connectivity index (χ1v) is 6.82. The van der Waals surface area contributed by atoms with Crippen LogP contribution in [0.25, 0.3) is 0 Å². The molecular weight excluding hydrogens is 285 g/mol. The highest BCUT2D eigenvalue weighted by Crippen LogP contribution is 2.34. The maximum absolute atomic E-state index is 12.4. The Balaban J connectivity index is 2.17. The molecule has 1 aliphatic heterocycles. The lowest BCUT2D eigenvalue weighted by molar-refractivity contribution is -0.274. The highest BCUT2D eigenvalue weighted by molar-refractivity contribution is 6.00. The van der Waals surface area contributed by atoms with Crippen molar-refractivity contribution >= 4 is 11.6 Å². The van der Waals surface area contributed by atoms with E-state index in [1.807, 2.05) is 6.92 Å². The van der Waals surface area contributed by atoms with Crippen LogP contribution in [0.2, 0.25) is 0 Å². The van der Waals surface area contributed by atoms with Crippen LogP contribution in [0, 0.1) is 0 Å². The topological polar surface area (TPSA) is 41.6 Å². The van der Waals surface area contributed by atoms with Crippen LogP contribution in [0.1, 0.15) is 19.8 Å². The van der Waals surface area contributed by atoms with Crippen molar-refractivity contribution in [2.24, 2.45) is 0 Å². The minimum absolute atomic E-state index is 0.153. The van der Waals surface area contributed by atoms with Crippen LogP contribution in [0.15, 0.2) is 24.3 Å². The van der Waals surface area contributed by atoms with E-state index in [1.54, 1.807) is 6.07 Å². The lowest BCUT2D eigenvalue weighted by Crippen LogP contribution is -2.38. The second-order valence-corrected chi connectivity index (χ2v) is 4.80. The summed E-state index contributed by atoms with van der Waals surface area (Å²) in [5.41, 5.74) is 0.153. The number of hydrogen-bond donors (Lipinski definition) is 1. The summed E-state index contributed by atoms with van der Waals surface area (Å²) >= 11 is 0. The molecule has 116 valence electrons. The van der Waals surface area contributed by atoms with Crippen molar-refractivity contribution in [1.29, 1.82) is 0 Å². The Bertz CT molecular complexity index is 505. The largest absolute Gasteiger partial charge is 0.573 e. The van der Waals surface area contributed by atoms with Crippen LogP contribution in [0.4, 0.5) is 18.9 Å². The molecule has 0 radical (unpaired) electrons. The molecule has 1 saturated heterocycles. The Hall–Kier alpha value is -1.76. The Morgan fingerprint density at radius 1 is 1.38 bits per heavy atom. The summed E-state index contributed by atoms with van der Waals surface area (Å²) in [6, 6.07) is 5.35. The Morgan fingerprint density at radius 3 is 2.76 bits per heavy atom. The van der Waals surface area contributed by atoms with Crippen LogP contribution in [0.5, 0.6) is 5.75 Å². The highest BCUT2D eigenvalue weighted by Gasteiger charge is 2.36. The van der Waals surface area contributed by atoms with E-state index in [2.05, 4.69) is 10.1 Å². The van der Waals surface area contributed by atoms with E-state index >= 15 is 0 Å². The molecule has 1 unspecified atom stereocenters. The molecule has 0 spiro atoms. The number of ether oxygens (including phenoxy) is 1. The van der Waals surface area contributed by atoms with Crippen LogP contribution in [0.3, 0.4) is 0 Å². The number of para-hydroxylation sites is 2. The first-order chi connectivity index (χ1) is 9.92. The van der Waals surface area contributed by atoms with Crippen LogP contribution in [-0.2, 0) is 4.79 Å². The Kier molecular flexibility index (Phi) is 4.72. The van der Waals surface area contributed by atoms with E-state index in [0.29, 0.717) is 19.5 Å². The quantitative estimate of drug-likeness (QED) is 0.909. The fourth-order valence-electron chi connectivity index (χ4n) is 2.32. The number of nitrogens with one attached hydrogen (secondary N) is 1. The van der Waals surface area contributed by atoms with E-state index in [0.717, 1.165) is 6.42 Å². The molecule has 1 aliphatic rings. The molecule has 1 N–H and O–H groups in total. The summed E-state index contributed by atoms with van der Waals surface area (Å²) in [5.74, 6) is -0.573. The average Bonchev–Trinajstić information content (AvgIpc) is 2.76. The number of carbonyl (C=O) groups is 1. The minimum atomic E-state index is -4.78. The normalized spacial score (nSPS) is 19.1. The molecule has 21 heavy (non-hydrogen) atoms. The maximum atomic E-state index is 12.4. The predicted octanol–water partition coefficient (Wildman–Crippen LogP) is 2.69. The van der Waals surface area contributed by atoms with Gasteiger partial charge in [0.15, 0.2) is 5.75 Å². The number of amides is 1. The third kappa shape index (κ3) is 3.87. The van der Waals surface area contributed by atoms with Crippen molar-refractivity contribution in [2.45, 2.75) is 32.2 Å². The highest BCUT2D eigenvalue weighted by atomic mass is 19.4. The Labute approximate surface area is 120 Å². The number of benzene rings is 1. The van der Waals surface area contributed by atoms with Gasteiger partial charge in [-0.25, -0.2) is 0 Å². The van der Waals surface area contributed by atoms with Crippen LogP contribution < -0.4 is 15.0 Å². The van der Waals surface area contributed by atoms with Crippen molar-refractivity contribution < 1.29 is 22.7 Å². The van der Waals surface area contributed by atoms with Crippen LogP contribution in [-0.4, -0.2) is 31.4 Å². The van der Waals surface area contributed by atoms with Gasteiger partial charge in [-0.3, -0.25) is 4.79 Å². The minimum Gasteiger partial charge on any atom is -0.404 e. The van der Waals surface area contributed by atoms with Gasteiger partial charge in [0.05, 0.1) is 11.7 Å². The van der Waals surface area contributed by atoms with Gasteiger partial charge in [-0.15, -0.1) is 13.2 Å². The fraction of sp³-hybridized carbons (Fsp3) is 0.500. The molecule has 1 fully saturated rings. The maximum Gasteiger partial charge on any atom is 0.573 e. The number of hydrogen-bond acceptors (Lipinski definition) is 3. The molecule has 0 aromatic heterocycles.